The lowest BCUT2D eigenvalue weighted by atomic mass is 10.0. The molecule has 3 heteroatoms. The van der Waals surface area contributed by atoms with Gasteiger partial charge in [-0.05, 0) is 57.6 Å². The smallest absolute Gasteiger partial charge is 0.0916 e. The van der Waals surface area contributed by atoms with Crippen LogP contribution in [0.1, 0.15) is 43.4 Å². The van der Waals surface area contributed by atoms with Gasteiger partial charge in [-0.2, -0.15) is 0 Å². The van der Waals surface area contributed by atoms with E-state index in [2.05, 4.69) is 55.1 Å². The van der Waals surface area contributed by atoms with Gasteiger partial charge in [0.25, 0.3) is 0 Å². The molecule has 1 N–H and O–H groups in total. The molecule has 0 spiro atoms. The summed E-state index contributed by atoms with van der Waals surface area (Å²) >= 11 is 0. The van der Waals surface area contributed by atoms with Crippen LogP contribution in [0.2, 0.25) is 0 Å². The van der Waals surface area contributed by atoms with Crippen LogP contribution in [0.4, 0.5) is 0 Å². The minimum atomic E-state index is -0.384. The zero-order valence-corrected chi connectivity index (χ0v) is 13.8. The van der Waals surface area contributed by atoms with Crippen LogP contribution in [-0.2, 0) is 6.42 Å². The molecular formula is C18H30N2O. The molecule has 1 unspecified atom stereocenters. The number of aliphatic hydroxyl groups is 1. The topological polar surface area (TPSA) is 26.7 Å². The third-order valence-electron chi connectivity index (χ3n) is 4.68. The maximum atomic E-state index is 10.4. The van der Waals surface area contributed by atoms with Gasteiger partial charge in [-0.25, -0.2) is 0 Å². The Labute approximate surface area is 129 Å². The summed E-state index contributed by atoms with van der Waals surface area (Å²) in [5.74, 6) is 0. The molecule has 1 saturated heterocycles. The second-order valence-electron chi connectivity index (χ2n) is 6.48. The lowest BCUT2D eigenvalue weighted by molar-refractivity contribution is 0.0788. The van der Waals surface area contributed by atoms with Gasteiger partial charge in [-0.15, -0.1) is 0 Å². The van der Waals surface area contributed by atoms with Crippen molar-refractivity contribution in [3.05, 3.63) is 35.4 Å². The van der Waals surface area contributed by atoms with Gasteiger partial charge in [0, 0.05) is 12.6 Å². The van der Waals surface area contributed by atoms with Crippen molar-refractivity contribution in [2.24, 2.45) is 0 Å². The Bertz CT molecular complexity index is 410. The van der Waals surface area contributed by atoms with Crippen LogP contribution in [0.5, 0.6) is 0 Å². The zero-order valence-electron chi connectivity index (χ0n) is 13.8. The predicted molar refractivity (Wildman–Crippen MR) is 88.5 cm³/mol. The third kappa shape index (κ3) is 4.80. The van der Waals surface area contributed by atoms with Crippen molar-refractivity contribution in [1.29, 1.82) is 0 Å². The molecule has 0 aromatic heterocycles. The normalized spacial score (nSPS) is 19.1. The molecule has 0 aliphatic carbocycles. The van der Waals surface area contributed by atoms with Crippen LogP contribution in [-0.4, -0.2) is 54.7 Å². The van der Waals surface area contributed by atoms with E-state index in [0.29, 0.717) is 6.04 Å². The number of aliphatic hydroxyl groups excluding tert-OH is 1. The Morgan fingerprint density at radius 1 is 1.24 bits per heavy atom. The van der Waals surface area contributed by atoms with Crippen LogP contribution in [0, 0.1) is 0 Å². The Hall–Kier alpha value is -0.900. The molecule has 3 nitrogen and oxygen atoms in total. The fraction of sp³-hybridized carbons (Fsp3) is 0.667. The molecule has 118 valence electrons. The Morgan fingerprint density at radius 3 is 2.43 bits per heavy atom. The standard InChI is InChI=1S/C18H30N2O/c1-4-5-15-6-8-16(9-7-15)18(21)14-20(3)17-10-12-19(2)13-11-17/h6-9,17-18,21H,4-5,10-14H2,1-3H3. The molecule has 21 heavy (non-hydrogen) atoms. The number of rotatable bonds is 6. The number of nitrogens with zero attached hydrogens (tertiary/aromatic N) is 2. The number of aryl methyl sites for hydroxylation is 1. The third-order valence-corrected chi connectivity index (χ3v) is 4.68. The minimum Gasteiger partial charge on any atom is -0.387 e. The van der Waals surface area contributed by atoms with Gasteiger partial charge in [0.15, 0.2) is 0 Å². The first kappa shape index (κ1) is 16.5. The largest absolute Gasteiger partial charge is 0.387 e. The molecule has 0 bridgehead atoms. The van der Waals surface area contributed by atoms with Gasteiger partial charge < -0.3 is 14.9 Å². The van der Waals surface area contributed by atoms with Gasteiger partial charge in [-0.1, -0.05) is 37.6 Å². The number of hydrogen-bond donors (Lipinski definition) is 1. The van der Waals surface area contributed by atoms with Gasteiger partial charge >= 0.3 is 0 Å². The Kier molecular flexibility index (Phi) is 6.22. The molecule has 0 radical (unpaired) electrons. The van der Waals surface area contributed by atoms with Crippen molar-refractivity contribution in [2.75, 3.05) is 33.7 Å². The number of hydrogen-bond acceptors (Lipinski definition) is 3. The van der Waals surface area contributed by atoms with Crippen molar-refractivity contribution in [2.45, 2.75) is 44.8 Å². The molecule has 1 aliphatic rings. The van der Waals surface area contributed by atoms with E-state index in [0.717, 1.165) is 31.6 Å². The van der Waals surface area contributed by atoms with Crippen molar-refractivity contribution in [3.8, 4) is 0 Å². The SMILES string of the molecule is CCCc1ccc(C(O)CN(C)C2CCN(C)CC2)cc1. The summed E-state index contributed by atoms with van der Waals surface area (Å²) in [4.78, 5) is 4.71. The van der Waals surface area contributed by atoms with Crippen LogP contribution in [0.25, 0.3) is 0 Å². The quantitative estimate of drug-likeness (QED) is 0.872. The van der Waals surface area contributed by atoms with Gasteiger partial charge in [0.2, 0.25) is 0 Å². The van der Waals surface area contributed by atoms with Gasteiger partial charge in [-0.3, -0.25) is 0 Å². The summed E-state index contributed by atoms with van der Waals surface area (Å²) in [6.45, 7) is 5.24. The van der Waals surface area contributed by atoms with Crippen molar-refractivity contribution in [3.63, 3.8) is 0 Å². The molecule has 1 aromatic rings. The molecule has 1 aliphatic heterocycles. The predicted octanol–water partition coefficient (Wildman–Crippen LogP) is 2.70. The van der Waals surface area contributed by atoms with E-state index < -0.39 is 0 Å². The van der Waals surface area contributed by atoms with Crippen LogP contribution in [0.15, 0.2) is 24.3 Å². The summed E-state index contributed by atoms with van der Waals surface area (Å²) in [5, 5.41) is 10.4. The highest BCUT2D eigenvalue weighted by Gasteiger charge is 2.22. The maximum absolute atomic E-state index is 10.4. The molecule has 1 heterocycles. The molecule has 2 rings (SSSR count). The molecule has 1 atom stereocenters. The Morgan fingerprint density at radius 2 is 1.86 bits per heavy atom. The van der Waals surface area contributed by atoms with Gasteiger partial charge in [0.05, 0.1) is 6.10 Å². The van der Waals surface area contributed by atoms with E-state index >= 15 is 0 Å². The zero-order chi connectivity index (χ0) is 15.2. The number of likely N-dealkylation sites (tertiary alicyclic amines) is 1. The van der Waals surface area contributed by atoms with E-state index in [1.165, 1.54) is 24.8 Å². The number of benzene rings is 1. The monoisotopic (exact) mass is 290 g/mol. The highest BCUT2D eigenvalue weighted by molar-refractivity contribution is 5.24. The van der Waals surface area contributed by atoms with Crippen LogP contribution >= 0.6 is 0 Å². The second kappa shape index (κ2) is 7.92. The summed E-state index contributed by atoms with van der Waals surface area (Å²) in [7, 11) is 4.33. The van der Waals surface area contributed by atoms with Crippen molar-refractivity contribution in [1.82, 2.24) is 9.80 Å². The fourth-order valence-electron chi connectivity index (χ4n) is 3.16. The summed E-state index contributed by atoms with van der Waals surface area (Å²) in [6.07, 6.45) is 4.31. The summed E-state index contributed by atoms with van der Waals surface area (Å²) < 4.78 is 0. The van der Waals surface area contributed by atoms with Gasteiger partial charge in [0.1, 0.15) is 0 Å². The molecular weight excluding hydrogens is 260 g/mol. The van der Waals surface area contributed by atoms with E-state index in [-0.39, 0.29) is 6.10 Å². The van der Waals surface area contributed by atoms with E-state index in [1.807, 2.05) is 0 Å². The minimum absolute atomic E-state index is 0.384. The van der Waals surface area contributed by atoms with E-state index in [9.17, 15) is 5.11 Å². The first-order chi connectivity index (χ1) is 10.1. The lowest BCUT2D eigenvalue weighted by Crippen LogP contribution is -2.43. The molecule has 1 fully saturated rings. The average molecular weight is 290 g/mol. The summed E-state index contributed by atoms with van der Waals surface area (Å²) in [5.41, 5.74) is 2.40. The maximum Gasteiger partial charge on any atom is 0.0916 e. The van der Waals surface area contributed by atoms with Crippen molar-refractivity contribution < 1.29 is 5.11 Å². The van der Waals surface area contributed by atoms with Crippen molar-refractivity contribution >= 4 is 0 Å². The molecule has 0 amide bonds. The second-order valence-corrected chi connectivity index (χ2v) is 6.48. The highest BCUT2D eigenvalue weighted by Crippen LogP contribution is 2.20. The van der Waals surface area contributed by atoms with Crippen LogP contribution < -0.4 is 0 Å². The first-order valence-electron chi connectivity index (χ1n) is 8.25. The average Bonchev–Trinajstić information content (AvgIpc) is 2.49. The highest BCUT2D eigenvalue weighted by atomic mass is 16.3. The fourth-order valence-corrected chi connectivity index (χ4v) is 3.16. The molecule has 0 saturated carbocycles. The lowest BCUT2D eigenvalue weighted by Gasteiger charge is -2.36. The Balaban J connectivity index is 1.86. The van der Waals surface area contributed by atoms with Crippen LogP contribution in [0.3, 0.4) is 0 Å². The summed E-state index contributed by atoms with van der Waals surface area (Å²) in [6, 6.07) is 9.07. The first-order valence-corrected chi connectivity index (χ1v) is 8.25. The number of piperidine rings is 1. The van der Waals surface area contributed by atoms with E-state index in [4.69, 9.17) is 0 Å². The number of likely N-dealkylation sites (N-methyl/N-ethyl adjacent to an activating group) is 1. The molecule has 1 aromatic carbocycles. The van der Waals surface area contributed by atoms with E-state index in [1.54, 1.807) is 0 Å².